The summed E-state index contributed by atoms with van der Waals surface area (Å²) in [5.41, 5.74) is 2.70. The van der Waals surface area contributed by atoms with Crippen molar-refractivity contribution in [1.29, 1.82) is 0 Å². The molecular formula is C21H21N3O5. The standard InChI is InChI=1S/C21H21N3O5/c1-29-16-11-12(7-8-15(16)27)20-17-18(13-5-2-3-6-14(13)26)22-23-19(17)21(28)24(20)9-4-10-25/h2-3,5-8,11,20,25-27H,4,9-10H2,1H3,(H,22,23)/t20-/m0/s1. The molecule has 1 aliphatic heterocycles. The van der Waals surface area contributed by atoms with Gasteiger partial charge in [0.05, 0.1) is 13.2 Å². The van der Waals surface area contributed by atoms with Gasteiger partial charge in [-0.3, -0.25) is 9.89 Å². The van der Waals surface area contributed by atoms with Crippen LogP contribution in [0.2, 0.25) is 0 Å². The summed E-state index contributed by atoms with van der Waals surface area (Å²) in [6, 6.07) is 11.2. The number of nitrogens with zero attached hydrogens (tertiary/aromatic N) is 2. The van der Waals surface area contributed by atoms with E-state index in [1.165, 1.54) is 13.2 Å². The third-order valence-corrected chi connectivity index (χ3v) is 5.10. The smallest absolute Gasteiger partial charge is 0.273 e. The van der Waals surface area contributed by atoms with Crippen molar-refractivity contribution >= 4 is 5.91 Å². The molecule has 0 spiro atoms. The largest absolute Gasteiger partial charge is 0.507 e. The lowest BCUT2D eigenvalue weighted by molar-refractivity contribution is 0.0732. The Hall–Kier alpha value is -3.52. The molecule has 1 aliphatic rings. The molecule has 1 aromatic heterocycles. The van der Waals surface area contributed by atoms with Gasteiger partial charge in [-0.25, -0.2) is 0 Å². The number of nitrogens with one attached hydrogen (secondary N) is 1. The summed E-state index contributed by atoms with van der Waals surface area (Å²) >= 11 is 0. The minimum absolute atomic E-state index is 0.00386. The number of carbonyl (C=O) groups is 1. The van der Waals surface area contributed by atoms with Crippen molar-refractivity contribution in [3.8, 4) is 28.5 Å². The number of carbonyl (C=O) groups excluding carboxylic acids is 1. The Morgan fingerprint density at radius 2 is 1.97 bits per heavy atom. The van der Waals surface area contributed by atoms with Crippen molar-refractivity contribution in [2.24, 2.45) is 0 Å². The van der Waals surface area contributed by atoms with Crippen molar-refractivity contribution in [1.82, 2.24) is 15.1 Å². The number of aliphatic hydroxyl groups excluding tert-OH is 1. The first-order chi connectivity index (χ1) is 14.1. The van der Waals surface area contributed by atoms with Crippen LogP contribution in [0.5, 0.6) is 17.2 Å². The lowest BCUT2D eigenvalue weighted by atomic mass is 9.95. The van der Waals surface area contributed by atoms with E-state index in [9.17, 15) is 20.1 Å². The zero-order valence-corrected chi connectivity index (χ0v) is 15.8. The summed E-state index contributed by atoms with van der Waals surface area (Å²) in [5.74, 6) is 0.110. The van der Waals surface area contributed by atoms with Gasteiger partial charge < -0.3 is 25.0 Å². The van der Waals surface area contributed by atoms with E-state index in [1.54, 1.807) is 41.3 Å². The van der Waals surface area contributed by atoms with Crippen LogP contribution < -0.4 is 4.74 Å². The molecule has 0 saturated carbocycles. The van der Waals surface area contributed by atoms with Gasteiger partial charge in [0.15, 0.2) is 11.5 Å². The van der Waals surface area contributed by atoms with E-state index < -0.39 is 6.04 Å². The molecule has 0 radical (unpaired) electrons. The van der Waals surface area contributed by atoms with Crippen LogP contribution >= 0.6 is 0 Å². The normalized spacial score (nSPS) is 15.6. The quantitative estimate of drug-likeness (QED) is 0.509. The van der Waals surface area contributed by atoms with E-state index in [-0.39, 0.29) is 29.8 Å². The maximum atomic E-state index is 13.1. The molecule has 2 heterocycles. The Balaban J connectivity index is 1.90. The van der Waals surface area contributed by atoms with Crippen LogP contribution in [-0.2, 0) is 0 Å². The number of fused-ring (bicyclic) bond motifs is 1. The number of para-hydroxylation sites is 1. The van der Waals surface area contributed by atoms with E-state index in [1.807, 2.05) is 0 Å². The molecule has 4 N–H and O–H groups in total. The number of hydrogen-bond acceptors (Lipinski definition) is 6. The summed E-state index contributed by atoms with van der Waals surface area (Å²) in [4.78, 5) is 14.7. The van der Waals surface area contributed by atoms with E-state index in [0.717, 1.165) is 5.56 Å². The third-order valence-electron chi connectivity index (χ3n) is 5.10. The molecular weight excluding hydrogens is 374 g/mol. The number of phenolic OH excluding ortho intramolecular Hbond substituents is 2. The molecule has 0 saturated heterocycles. The first-order valence-electron chi connectivity index (χ1n) is 9.22. The van der Waals surface area contributed by atoms with Crippen LogP contribution in [0, 0.1) is 0 Å². The van der Waals surface area contributed by atoms with Gasteiger partial charge in [-0.2, -0.15) is 5.10 Å². The van der Waals surface area contributed by atoms with Gasteiger partial charge >= 0.3 is 0 Å². The Labute approximate surface area is 167 Å². The number of phenols is 2. The Morgan fingerprint density at radius 1 is 1.17 bits per heavy atom. The lowest BCUT2D eigenvalue weighted by Gasteiger charge is -2.26. The topological polar surface area (TPSA) is 119 Å². The molecule has 0 bridgehead atoms. The minimum atomic E-state index is -0.507. The molecule has 0 unspecified atom stereocenters. The number of rotatable bonds is 6. The van der Waals surface area contributed by atoms with Crippen LogP contribution in [-0.4, -0.2) is 56.6 Å². The highest BCUT2D eigenvalue weighted by atomic mass is 16.5. The summed E-state index contributed by atoms with van der Waals surface area (Å²) in [7, 11) is 1.46. The van der Waals surface area contributed by atoms with Gasteiger partial charge in [-0.1, -0.05) is 18.2 Å². The second-order valence-corrected chi connectivity index (χ2v) is 6.79. The summed E-state index contributed by atoms with van der Waals surface area (Å²) in [6.45, 7) is 0.292. The predicted molar refractivity (Wildman–Crippen MR) is 105 cm³/mol. The maximum absolute atomic E-state index is 13.1. The molecule has 0 aliphatic carbocycles. The predicted octanol–water partition coefficient (Wildman–Crippen LogP) is 2.42. The fraction of sp³-hybridized carbons (Fsp3) is 0.238. The number of ether oxygens (including phenoxy) is 1. The second kappa shape index (κ2) is 7.48. The number of amides is 1. The molecule has 8 nitrogen and oxygen atoms in total. The van der Waals surface area contributed by atoms with Crippen LogP contribution in [0.25, 0.3) is 11.3 Å². The monoisotopic (exact) mass is 395 g/mol. The maximum Gasteiger partial charge on any atom is 0.273 e. The van der Waals surface area contributed by atoms with E-state index in [0.29, 0.717) is 35.5 Å². The van der Waals surface area contributed by atoms with Gasteiger partial charge in [-0.15, -0.1) is 0 Å². The Bertz CT molecular complexity index is 1060. The first-order valence-corrected chi connectivity index (χ1v) is 9.22. The number of aromatic amines is 1. The van der Waals surface area contributed by atoms with E-state index in [2.05, 4.69) is 10.2 Å². The zero-order valence-electron chi connectivity index (χ0n) is 15.8. The Kier molecular flexibility index (Phi) is 4.85. The van der Waals surface area contributed by atoms with Crippen LogP contribution in [0.15, 0.2) is 42.5 Å². The van der Waals surface area contributed by atoms with E-state index in [4.69, 9.17) is 4.74 Å². The van der Waals surface area contributed by atoms with Gasteiger partial charge in [0, 0.05) is 24.3 Å². The van der Waals surface area contributed by atoms with Gasteiger partial charge in [0.2, 0.25) is 0 Å². The van der Waals surface area contributed by atoms with Crippen LogP contribution in [0.1, 0.15) is 34.1 Å². The molecule has 8 heteroatoms. The van der Waals surface area contributed by atoms with Gasteiger partial charge in [0.25, 0.3) is 5.91 Å². The molecule has 1 atom stereocenters. The summed E-state index contributed by atoms with van der Waals surface area (Å²) in [5, 5.41) is 36.7. The highest BCUT2D eigenvalue weighted by Crippen LogP contribution is 2.45. The average Bonchev–Trinajstić information content (AvgIpc) is 3.26. The van der Waals surface area contributed by atoms with Crippen molar-refractivity contribution in [3.63, 3.8) is 0 Å². The number of hydrogen-bond donors (Lipinski definition) is 4. The first kappa shape index (κ1) is 18.8. The third kappa shape index (κ3) is 3.07. The number of methoxy groups -OCH3 is 1. The highest BCUT2D eigenvalue weighted by Gasteiger charge is 2.42. The number of H-pyrrole nitrogens is 1. The lowest BCUT2D eigenvalue weighted by Crippen LogP contribution is -2.31. The molecule has 3 aromatic rings. The molecule has 0 fully saturated rings. The van der Waals surface area contributed by atoms with Crippen molar-refractivity contribution in [3.05, 3.63) is 59.3 Å². The van der Waals surface area contributed by atoms with Crippen LogP contribution in [0.4, 0.5) is 0 Å². The zero-order chi connectivity index (χ0) is 20.5. The molecule has 2 aromatic carbocycles. The van der Waals surface area contributed by atoms with E-state index >= 15 is 0 Å². The molecule has 150 valence electrons. The fourth-order valence-electron chi connectivity index (χ4n) is 3.76. The number of aromatic hydroxyl groups is 2. The van der Waals surface area contributed by atoms with Crippen molar-refractivity contribution in [2.45, 2.75) is 12.5 Å². The van der Waals surface area contributed by atoms with Crippen molar-refractivity contribution < 1.29 is 24.9 Å². The van der Waals surface area contributed by atoms with Crippen molar-refractivity contribution in [2.75, 3.05) is 20.3 Å². The molecule has 29 heavy (non-hydrogen) atoms. The number of aromatic nitrogens is 2. The molecule has 1 amide bonds. The average molecular weight is 395 g/mol. The minimum Gasteiger partial charge on any atom is -0.507 e. The number of benzene rings is 2. The summed E-state index contributed by atoms with van der Waals surface area (Å²) < 4.78 is 5.23. The van der Waals surface area contributed by atoms with Crippen LogP contribution in [0.3, 0.4) is 0 Å². The summed E-state index contributed by atoms with van der Waals surface area (Å²) in [6.07, 6.45) is 0.418. The van der Waals surface area contributed by atoms with Gasteiger partial charge in [0.1, 0.15) is 17.1 Å². The SMILES string of the molecule is COc1cc([C@H]2c3c(-c4ccccc4O)n[nH]c3C(=O)N2CCCO)ccc1O. The number of aliphatic hydroxyl groups is 1. The highest BCUT2D eigenvalue weighted by molar-refractivity contribution is 6.00. The Morgan fingerprint density at radius 3 is 2.69 bits per heavy atom. The fourth-order valence-corrected chi connectivity index (χ4v) is 3.76. The second-order valence-electron chi connectivity index (χ2n) is 6.79. The molecule has 4 rings (SSSR count). The van der Waals surface area contributed by atoms with Gasteiger partial charge in [-0.05, 0) is 36.2 Å².